The van der Waals surface area contributed by atoms with Crippen LogP contribution in [0.4, 0.5) is 0 Å². The van der Waals surface area contributed by atoms with Gasteiger partial charge >= 0.3 is 0 Å². The highest BCUT2D eigenvalue weighted by molar-refractivity contribution is 5.00. The number of aromatic nitrogens is 2. The van der Waals surface area contributed by atoms with E-state index >= 15 is 0 Å². The molecule has 20 heavy (non-hydrogen) atoms. The highest BCUT2D eigenvalue weighted by Crippen LogP contribution is 2.42. The van der Waals surface area contributed by atoms with Crippen molar-refractivity contribution in [1.82, 2.24) is 15.5 Å². The van der Waals surface area contributed by atoms with Crippen molar-refractivity contribution in [3.05, 3.63) is 11.7 Å². The summed E-state index contributed by atoms with van der Waals surface area (Å²) in [5.41, 5.74) is 0. The molecule has 2 saturated carbocycles. The fourth-order valence-electron chi connectivity index (χ4n) is 2.80. The molecule has 2 unspecified atom stereocenters. The molecular formula is C15H25N3O2. The summed E-state index contributed by atoms with van der Waals surface area (Å²) in [4.78, 5) is 4.56. The largest absolute Gasteiger partial charge is 0.373 e. The lowest BCUT2D eigenvalue weighted by Crippen LogP contribution is -2.33. The number of hydrogen-bond acceptors (Lipinski definition) is 5. The lowest BCUT2D eigenvalue weighted by Gasteiger charge is -2.15. The molecule has 112 valence electrons. The summed E-state index contributed by atoms with van der Waals surface area (Å²) in [6, 6.07) is 0.491. The first-order valence-corrected chi connectivity index (χ1v) is 7.90. The van der Waals surface area contributed by atoms with Crippen LogP contribution in [0, 0.1) is 11.8 Å². The van der Waals surface area contributed by atoms with E-state index in [1.807, 2.05) is 0 Å². The summed E-state index contributed by atoms with van der Waals surface area (Å²) in [5.74, 6) is 2.86. The molecule has 0 radical (unpaired) electrons. The quantitative estimate of drug-likeness (QED) is 0.752. The lowest BCUT2D eigenvalue weighted by atomic mass is 10.1. The minimum absolute atomic E-state index is 0.0236. The molecule has 3 rings (SSSR count). The number of nitrogens with zero attached hydrogens (tertiary/aromatic N) is 2. The fourth-order valence-corrected chi connectivity index (χ4v) is 2.80. The average Bonchev–Trinajstić information content (AvgIpc) is 3.35. The number of rotatable bonds is 9. The molecule has 0 amide bonds. The first-order valence-electron chi connectivity index (χ1n) is 7.90. The van der Waals surface area contributed by atoms with Crippen LogP contribution < -0.4 is 5.32 Å². The Morgan fingerprint density at radius 1 is 1.30 bits per heavy atom. The summed E-state index contributed by atoms with van der Waals surface area (Å²) < 4.78 is 10.9. The molecular weight excluding hydrogens is 254 g/mol. The van der Waals surface area contributed by atoms with E-state index in [1.165, 1.54) is 25.7 Å². The Kier molecular flexibility index (Phi) is 4.36. The Morgan fingerprint density at radius 2 is 2.05 bits per heavy atom. The van der Waals surface area contributed by atoms with Crippen molar-refractivity contribution < 1.29 is 9.26 Å². The molecule has 0 aliphatic heterocycles. The maximum atomic E-state index is 5.50. The monoisotopic (exact) mass is 279 g/mol. The molecule has 2 fully saturated rings. The van der Waals surface area contributed by atoms with Gasteiger partial charge in [0.25, 0.3) is 0 Å². The molecule has 0 spiro atoms. The highest BCUT2D eigenvalue weighted by atomic mass is 16.5. The van der Waals surface area contributed by atoms with Gasteiger partial charge in [-0.25, -0.2) is 0 Å². The topological polar surface area (TPSA) is 60.2 Å². The SMILES string of the molecule is CCCNC(Cc1nc(C(OC)C2CC2)no1)C1CC1. The van der Waals surface area contributed by atoms with Gasteiger partial charge < -0.3 is 14.6 Å². The predicted molar refractivity (Wildman–Crippen MR) is 75.3 cm³/mol. The second-order valence-corrected chi connectivity index (χ2v) is 6.14. The van der Waals surface area contributed by atoms with Crippen LogP contribution in [0.2, 0.25) is 0 Å². The molecule has 1 aromatic rings. The fraction of sp³-hybridized carbons (Fsp3) is 0.867. The molecule has 1 N–H and O–H groups in total. The Labute approximate surface area is 120 Å². The van der Waals surface area contributed by atoms with Gasteiger partial charge in [0.05, 0.1) is 0 Å². The van der Waals surface area contributed by atoms with E-state index in [2.05, 4.69) is 22.4 Å². The van der Waals surface area contributed by atoms with Gasteiger partial charge in [-0.2, -0.15) is 4.98 Å². The maximum absolute atomic E-state index is 5.50. The van der Waals surface area contributed by atoms with Gasteiger partial charge in [0.2, 0.25) is 11.7 Å². The zero-order chi connectivity index (χ0) is 13.9. The van der Waals surface area contributed by atoms with Crippen LogP contribution >= 0.6 is 0 Å². The molecule has 0 aromatic carbocycles. The molecule has 0 bridgehead atoms. The molecule has 2 aliphatic carbocycles. The predicted octanol–water partition coefficient (Wildman–Crippen LogP) is 2.49. The second-order valence-electron chi connectivity index (χ2n) is 6.14. The summed E-state index contributed by atoms with van der Waals surface area (Å²) in [5, 5.41) is 7.73. The van der Waals surface area contributed by atoms with Gasteiger partial charge in [-0.1, -0.05) is 12.1 Å². The smallest absolute Gasteiger partial charge is 0.228 e. The van der Waals surface area contributed by atoms with E-state index in [0.717, 1.165) is 37.0 Å². The van der Waals surface area contributed by atoms with E-state index in [9.17, 15) is 0 Å². The summed E-state index contributed by atoms with van der Waals surface area (Å²) in [6.07, 6.45) is 7.10. The normalized spacial score (nSPS) is 21.9. The van der Waals surface area contributed by atoms with Crippen molar-refractivity contribution in [3.8, 4) is 0 Å². The third-order valence-electron chi connectivity index (χ3n) is 4.28. The van der Waals surface area contributed by atoms with Gasteiger partial charge in [-0.15, -0.1) is 0 Å². The van der Waals surface area contributed by atoms with E-state index in [1.54, 1.807) is 7.11 Å². The van der Waals surface area contributed by atoms with Gasteiger partial charge in [-0.05, 0) is 50.5 Å². The molecule has 1 heterocycles. The standard InChI is InChI=1S/C15H25N3O2/c1-3-8-16-12(10-4-5-10)9-13-17-15(18-20-13)14(19-2)11-6-7-11/h10-12,14,16H,3-9H2,1-2H3. The Bertz CT molecular complexity index is 427. The van der Waals surface area contributed by atoms with Crippen LogP contribution in [0.5, 0.6) is 0 Å². The first kappa shape index (κ1) is 14.0. The molecule has 2 aliphatic rings. The van der Waals surface area contributed by atoms with Crippen molar-refractivity contribution >= 4 is 0 Å². The third kappa shape index (κ3) is 3.38. The molecule has 5 heteroatoms. The number of nitrogens with one attached hydrogen (secondary N) is 1. The van der Waals surface area contributed by atoms with E-state index < -0.39 is 0 Å². The number of methoxy groups -OCH3 is 1. The zero-order valence-corrected chi connectivity index (χ0v) is 12.5. The van der Waals surface area contributed by atoms with Crippen LogP contribution in [0.3, 0.4) is 0 Å². The van der Waals surface area contributed by atoms with E-state index in [4.69, 9.17) is 9.26 Å². The third-order valence-corrected chi connectivity index (χ3v) is 4.28. The second kappa shape index (κ2) is 6.22. The minimum Gasteiger partial charge on any atom is -0.373 e. The van der Waals surface area contributed by atoms with Crippen molar-refractivity contribution in [3.63, 3.8) is 0 Å². The van der Waals surface area contributed by atoms with Crippen LogP contribution in [-0.2, 0) is 11.2 Å². The van der Waals surface area contributed by atoms with Crippen molar-refractivity contribution in [2.75, 3.05) is 13.7 Å². The summed E-state index contributed by atoms with van der Waals surface area (Å²) in [7, 11) is 1.73. The Hall–Kier alpha value is -0.940. The van der Waals surface area contributed by atoms with Crippen LogP contribution in [-0.4, -0.2) is 29.8 Å². The average molecular weight is 279 g/mol. The number of hydrogen-bond donors (Lipinski definition) is 1. The van der Waals surface area contributed by atoms with Gasteiger partial charge in [0.1, 0.15) is 6.10 Å². The molecule has 5 nitrogen and oxygen atoms in total. The van der Waals surface area contributed by atoms with Crippen molar-refractivity contribution in [2.45, 2.75) is 57.6 Å². The van der Waals surface area contributed by atoms with Gasteiger partial charge in [-0.3, -0.25) is 0 Å². The van der Waals surface area contributed by atoms with Gasteiger partial charge in [0.15, 0.2) is 0 Å². The highest BCUT2D eigenvalue weighted by Gasteiger charge is 2.36. The van der Waals surface area contributed by atoms with E-state index in [-0.39, 0.29) is 6.10 Å². The Balaban J connectivity index is 1.60. The lowest BCUT2D eigenvalue weighted by molar-refractivity contribution is 0.0751. The minimum atomic E-state index is 0.0236. The van der Waals surface area contributed by atoms with Crippen LogP contribution in [0.1, 0.15) is 56.8 Å². The summed E-state index contributed by atoms with van der Waals surface area (Å²) >= 11 is 0. The molecule has 0 saturated heterocycles. The number of ether oxygens (including phenoxy) is 1. The summed E-state index contributed by atoms with van der Waals surface area (Å²) in [6.45, 7) is 3.26. The van der Waals surface area contributed by atoms with Crippen molar-refractivity contribution in [2.24, 2.45) is 11.8 Å². The van der Waals surface area contributed by atoms with Gasteiger partial charge in [0, 0.05) is 19.6 Å². The molecule has 1 aromatic heterocycles. The molecule has 2 atom stereocenters. The van der Waals surface area contributed by atoms with Crippen LogP contribution in [0.25, 0.3) is 0 Å². The van der Waals surface area contributed by atoms with Crippen LogP contribution in [0.15, 0.2) is 4.52 Å². The maximum Gasteiger partial charge on any atom is 0.228 e. The van der Waals surface area contributed by atoms with Crippen molar-refractivity contribution in [1.29, 1.82) is 0 Å². The zero-order valence-electron chi connectivity index (χ0n) is 12.5. The Morgan fingerprint density at radius 3 is 2.65 bits per heavy atom. The van der Waals surface area contributed by atoms with E-state index in [0.29, 0.717) is 12.0 Å². The first-order chi connectivity index (χ1) is 9.81.